The van der Waals surface area contributed by atoms with Crippen molar-refractivity contribution in [3.8, 4) is 0 Å². The van der Waals surface area contributed by atoms with Crippen molar-refractivity contribution in [3.05, 3.63) is 0 Å². The summed E-state index contributed by atoms with van der Waals surface area (Å²) in [7, 11) is 0. The van der Waals surface area contributed by atoms with E-state index in [1.54, 1.807) is 0 Å². The molecule has 0 aromatic rings. The Kier molecular flexibility index (Phi) is 8.14. The molecule has 0 N–H and O–H groups in total. The largest absolute Gasteiger partial charge is 0.379 e. The highest BCUT2D eigenvalue weighted by Crippen LogP contribution is 2.15. The summed E-state index contributed by atoms with van der Waals surface area (Å²) in [4.78, 5) is 0. The Morgan fingerprint density at radius 1 is 0.929 bits per heavy atom. The van der Waals surface area contributed by atoms with E-state index in [0.717, 1.165) is 19.6 Å². The molecule has 0 aliphatic heterocycles. The summed E-state index contributed by atoms with van der Waals surface area (Å²) in [5.74, 6) is 0. The van der Waals surface area contributed by atoms with Gasteiger partial charge in [0.15, 0.2) is 0 Å². The van der Waals surface area contributed by atoms with Gasteiger partial charge in [0.1, 0.15) is 0 Å². The fourth-order valence-corrected chi connectivity index (χ4v) is 1.14. The fraction of sp³-hybridized carbons (Fsp3) is 1.00. The molecule has 0 aliphatic carbocycles. The number of hydrogen-bond donors (Lipinski definition) is 0. The molecular formula is C11H24O3. The average Bonchev–Trinajstić information content (AvgIpc) is 2.18. The quantitative estimate of drug-likeness (QED) is 0.539. The molecule has 0 amide bonds. The first kappa shape index (κ1) is 13.9. The van der Waals surface area contributed by atoms with Crippen LogP contribution < -0.4 is 0 Å². The molecule has 0 bridgehead atoms. The summed E-state index contributed by atoms with van der Waals surface area (Å²) in [5, 5.41) is 0. The maximum atomic E-state index is 5.62. The Morgan fingerprint density at radius 2 is 1.57 bits per heavy atom. The van der Waals surface area contributed by atoms with Crippen molar-refractivity contribution >= 4 is 0 Å². The van der Waals surface area contributed by atoms with Gasteiger partial charge in [0, 0.05) is 13.2 Å². The van der Waals surface area contributed by atoms with Crippen LogP contribution >= 0.6 is 0 Å². The van der Waals surface area contributed by atoms with Gasteiger partial charge in [0.2, 0.25) is 0 Å². The molecule has 3 heteroatoms. The third-order valence-electron chi connectivity index (χ3n) is 2.22. The molecule has 0 spiro atoms. The summed E-state index contributed by atoms with van der Waals surface area (Å²) in [6.45, 7) is 11.6. The molecule has 14 heavy (non-hydrogen) atoms. The van der Waals surface area contributed by atoms with E-state index in [1.807, 2.05) is 13.8 Å². The van der Waals surface area contributed by atoms with E-state index in [-0.39, 0.29) is 5.60 Å². The van der Waals surface area contributed by atoms with Crippen molar-refractivity contribution in [1.29, 1.82) is 0 Å². The van der Waals surface area contributed by atoms with Crippen LogP contribution in [0.15, 0.2) is 0 Å². The molecule has 0 saturated carbocycles. The van der Waals surface area contributed by atoms with Crippen LogP contribution in [-0.4, -0.2) is 38.6 Å². The van der Waals surface area contributed by atoms with Gasteiger partial charge in [0.05, 0.1) is 25.4 Å². The molecule has 0 heterocycles. The van der Waals surface area contributed by atoms with Crippen LogP contribution in [0.4, 0.5) is 0 Å². The predicted octanol–water partition coefficient (Wildman–Crippen LogP) is 2.24. The van der Waals surface area contributed by atoms with Crippen LogP contribution in [-0.2, 0) is 14.2 Å². The van der Waals surface area contributed by atoms with E-state index in [9.17, 15) is 0 Å². The highest BCUT2D eigenvalue weighted by molar-refractivity contribution is 4.72. The van der Waals surface area contributed by atoms with Crippen LogP contribution in [0, 0.1) is 0 Å². The number of hydrogen-bond acceptors (Lipinski definition) is 3. The zero-order chi connectivity index (χ0) is 10.9. The third kappa shape index (κ3) is 6.35. The van der Waals surface area contributed by atoms with Crippen molar-refractivity contribution < 1.29 is 14.2 Å². The van der Waals surface area contributed by atoms with E-state index in [1.165, 1.54) is 0 Å². The molecule has 0 fully saturated rings. The summed E-state index contributed by atoms with van der Waals surface area (Å²) in [6, 6.07) is 0. The molecule has 0 radical (unpaired) electrons. The topological polar surface area (TPSA) is 27.7 Å². The first-order valence-electron chi connectivity index (χ1n) is 5.48. The maximum Gasteiger partial charge on any atom is 0.0884 e. The van der Waals surface area contributed by atoms with Crippen LogP contribution in [0.25, 0.3) is 0 Å². The van der Waals surface area contributed by atoms with Crippen molar-refractivity contribution in [2.75, 3.05) is 33.0 Å². The monoisotopic (exact) mass is 204 g/mol. The van der Waals surface area contributed by atoms with Crippen molar-refractivity contribution in [1.82, 2.24) is 0 Å². The second-order valence-electron chi connectivity index (χ2n) is 3.49. The zero-order valence-corrected chi connectivity index (χ0v) is 9.97. The van der Waals surface area contributed by atoms with Gasteiger partial charge < -0.3 is 14.2 Å². The highest BCUT2D eigenvalue weighted by Gasteiger charge is 2.21. The summed E-state index contributed by atoms with van der Waals surface area (Å²) in [6.07, 6.45) is 0.968. The second kappa shape index (κ2) is 8.21. The van der Waals surface area contributed by atoms with E-state index < -0.39 is 0 Å². The molecule has 0 saturated heterocycles. The van der Waals surface area contributed by atoms with Gasteiger partial charge in [-0.25, -0.2) is 0 Å². The fourth-order valence-electron chi connectivity index (χ4n) is 1.14. The van der Waals surface area contributed by atoms with Gasteiger partial charge in [-0.15, -0.1) is 0 Å². The summed E-state index contributed by atoms with van der Waals surface area (Å²) in [5.41, 5.74) is -0.138. The molecule has 0 aromatic carbocycles. The van der Waals surface area contributed by atoms with Crippen molar-refractivity contribution in [3.63, 3.8) is 0 Å². The average molecular weight is 204 g/mol. The Bertz CT molecular complexity index is 128. The van der Waals surface area contributed by atoms with Gasteiger partial charge >= 0.3 is 0 Å². The Hall–Kier alpha value is -0.120. The summed E-state index contributed by atoms with van der Waals surface area (Å²) < 4.78 is 16.3. The Labute approximate surface area is 87.7 Å². The minimum absolute atomic E-state index is 0.138. The van der Waals surface area contributed by atoms with Gasteiger partial charge in [0.25, 0.3) is 0 Å². The molecule has 0 rings (SSSR count). The normalized spacial score (nSPS) is 15.4. The van der Waals surface area contributed by atoms with Gasteiger partial charge in [-0.3, -0.25) is 0 Å². The van der Waals surface area contributed by atoms with Crippen molar-refractivity contribution in [2.45, 2.75) is 39.7 Å². The van der Waals surface area contributed by atoms with E-state index in [4.69, 9.17) is 14.2 Å². The first-order chi connectivity index (χ1) is 6.68. The van der Waals surface area contributed by atoms with Gasteiger partial charge in [-0.05, 0) is 27.2 Å². The SMILES string of the molecule is CCOCCOCC(C)(CC)OCC. The molecule has 3 nitrogen and oxygen atoms in total. The van der Waals surface area contributed by atoms with Gasteiger partial charge in [-0.1, -0.05) is 6.92 Å². The number of rotatable bonds is 9. The Morgan fingerprint density at radius 3 is 2.07 bits per heavy atom. The Balaban J connectivity index is 3.51. The van der Waals surface area contributed by atoms with Crippen LogP contribution in [0.2, 0.25) is 0 Å². The third-order valence-corrected chi connectivity index (χ3v) is 2.22. The molecule has 1 atom stereocenters. The number of ether oxygens (including phenoxy) is 3. The smallest absolute Gasteiger partial charge is 0.0884 e. The highest BCUT2D eigenvalue weighted by atomic mass is 16.6. The minimum Gasteiger partial charge on any atom is -0.379 e. The molecular weight excluding hydrogens is 180 g/mol. The standard InChI is InChI=1S/C11H24O3/c1-5-11(4,14-7-3)10-13-9-8-12-6-2/h5-10H2,1-4H3. The van der Waals surface area contributed by atoms with Gasteiger partial charge in [-0.2, -0.15) is 0 Å². The lowest BCUT2D eigenvalue weighted by molar-refractivity contribution is -0.0905. The van der Waals surface area contributed by atoms with Crippen LogP contribution in [0.1, 0.15) is 34.1 Å². The van der Waals surface area contributed by atoms with Crippen LogP contribution in [0.5, 0.6) is 0 Å². The predicted molar refractivity (Wildman–Crippen MR) is 57.6 cm³/mol. The molecule has 1 unspecified atom stereocenters. The lowest BCUT2D eigenvalue weighted by atomic mass is 10.1. The molecule has 86 valence electrons. The van der Waals surface area contributed by atoms with E-state index in [2.05, 4.69) is 13.8 Å². The zero-order valence-electron chi connectivity index (χ0n) is 9.97. The molecule has 0 aromatic heterocycles. The first-order valence-corrected chi connectivity index (χ1v) is 5.48. The second-order valence-corrected chi connectivity index (χ2v) is 3.49. The maximum absolute atomic E-state index is 5.62. The van der Waals surface area contributed by atoms with Crippen molar-refractivity contribution in [2.24, 2.45) is 0 Å². The lowest BCUT2D eigenvalue weighted by Crippen LogP contribution is -2.34. The summed E-state index contributed by atoms with van der Waals surface area (Å²) >= 11 is 0. The van der Waals surface area contributed by atoms with Crippen LogP contribution in [0.3, 0.4) is 0 Å². The molecule has 0 aliphatic rings. The lowest BCUT2D eigenvalue weighted by Gasteiger charge is -2.27. The minimum atomic E-state index is -0.138. The van der Waals surface area contributed by atoms with E-state index >= 15 is 0 Å². The van der Waals surface area contributed by atoms with E-state index in [0.29, 0.717) is 19.8 Å².